The number of fused-ring (bicyclic) bond motifs is 1. The summed E-state index contributed by atoms with van der Waals surface area (Å²) in [7, 11) is 0. The predicted octanol–water partition coefficient (Wildman–Crippen LogP) is 2.17. The van der Waals surface area contributed by atoms with E-state index in [1.165, 1.54) is 0 Å². The molecule has 0 aromatic heterocycles. The van der Waals surface area contributed by atoms with Gasteiger partial charge in [0.05, 0.1) is 6.10 Å². The molecule has 1 aliphatic carbocycles. The summed E-state index contributed by atoms with van der Waals surface area (Å²) in [5, 5.41) is 0. The molecule has 0 radical (unpaired) electrons. The van der Waals surface area contributed by atoms with E-state index in [-0.39, 0.29) is 23.3 Å². The Hall–Kier alpha value is -0.610. The number of amides is 1. The van der Waals surface area contributed by atoms with Gasteiger partial charge in [-0.25, -0.2) is 0 Å². The SMILES string of the molecule is CC(C)C1CCCN1C(=O)C1(N)C2CCCOC2C1(C)C. The van der Waals surface area contributed by atoms with Gasteiger partial charge < -0.3 is 15.4 Å². The Balaban J connectivity index is 1.86. The van der Waals surface area contributed by atoms with Crippen molar-refractivity contribution in [3.05, 3.63) is 0 Å². The lowest BCUT2D eigenvalue weighted by Gasteiger charge is -2.66. The molecule has 4 atom stereocenters. The first kappa shape index (κ1) is 15.3. The molecule has 4 unspecified atom stereocenters. The molecular weight excluding hydrogens is 264 g/mol. The summed E-state index contributed by atoms with van der Waals surface area (Å²) in [6.07, 6.45) is 4.42. The van der Waals surface area contributed by atoms with E-state index in [0.717, 1.165) is 38.8 Å². The van der Waals surface area contributed by atoms with Gasteiger partial charge in [-0.15, -0.1) is 0 Å². The zero-order chi connectivity index (χ0) is 15.4. The van der Waals surface area contributed by atoms with Crippen LogP contribution in [0.4, 0.5) is 0 Å². The summed E-state index contributed by atoms with van der Waals surface area (Å²) < 4.78 is 5.92. The molecule has 4 heteroatoms. The normalized spacial score (nSPS) is 41.8. The van der Waals surface area contributed by atoms with Crippen molar-refractivity contribution in [1.29, 1.82) is 0 Å². The molecule has 1 amide bonds. The minimum Gasteiger partial charge on any atom is -0.377 e. The Morgan fingerprint density at radius 2 is 2.00 bits per heavy atom. The van der Waals surface area contributed by atoms with Crippen molar-refractivity contribution < 1.29 is 9.53 Å². The lowest BCUT2D eigenvalue weighted by Crippen LogP contribution is -2.82. The molecule has 2 saturated heterocycles. The average molecular weight is 294 g/mol. The molecule has 3 aliphatic rings. The maximum atomic E-state index is 13.3. The summed E-state index contributed by atoms with van der Waals surface area (Å²) in [6.45, 7) is 10.3. The van der Waals surface area contributed by atoms with Crippen LogP contribution in [0.15, 0.2) is 0 Å². The lowest BCUT2D eigenvalue weighted by atomic mass is 9.46. The third-order valence-electron chi connectivity index (χ3n) is 6.37. The number of likely N-dealkylation sites (tertiary alicyclic amines) is 1. The van der Waals surface area contributed by atoms with E-state index in [1.807, 2.05) is 0 Å². The van der Waals surface area contributed by atoms with Gasteiger partial charge in [-0.3, -0.25) is 4.79 Å². The first-order valence-electron chi connectivity index (χ1n) is 8.53. The molecule has 2 N–H and O–H groups in total. The minimum atomic E-state index is -0.741. The molecule has 3 rings (SSSR count). The van der Waals surface area contributed by atoms with Crippen LogP contribution in [-0.2, 0) is 9.53 Å². The van der Waals surface area contributed by atoms with Crippen molar-refractivity contribution in [2.75, 3.05) is 13.2 Å². The van der Waals surface area contributed by atoms with Crippen LogP contribution in [-0.4, -0.2) is 41.6 Å². The van der Waals surface area contributed by atoms with E-state index in [2.05, 4.69) is 32.6 Å². The van der Waals surface area contributed by atoms with Crippen molar-refractivity contribution in [1.82, 2.24) is 4.90 Å². The monoisotopic (exact) mass is 294 g/mol. The van der Waals surface area contributed by atoms with Crippen LogP contribution in [0.2, 0.25) is 0 Å². The fraction of sp³-hybridized carbons (Fsp3) is 0.941. The zero-order valence-corrected chi connectivity index (χ0v) is 13.9. The van der Waals surface area contributed by atoms with Crippen LogP contribution in [0, 0.1) is 17.3 Å². The van der Waals surface area contributed by atoms with Crippen LogP contribution in [0.25, 0.3) is 0 Å². The number of hydrogen-bond donors (Lipinski definition) is 1. The first-order valence-corrected chi connectivity index (χ1v) is 8.53. The summed E-state index contributed by atoms with van der Waals surface area (Å²) in [6, 6.07) is 0.359. The van der Waals surface area contributed by atoms with Crippen molar-refractivity contribution in [3.63, 3.8) is 0 Å². The highest BCUT2D eigenvalue weighted by atomic mass is 16.5. The highest BCUT2D eigenvalue weighted by Crippen LogP contribution is 2.58. The van der Waals surface area contributed by atoms with Crippen LogP contribution < -0.4 is 5.73 Å². The van der Waals surface area contributed by atoms with Gasteiger partial charge in [-0.05, 0) is 31.6 Å². The smallest absolute Gasteiger partial charge is 0.243 e. The molecule has 2 heterocycles. The van der Waals surface area contributed by atoms with Crippen molar-refractivity contribution in [2.45, 2.75) is 71.1 Å². The Labute approximate surface area is 128 Å². The summed E-state index contributed by atoms with van der Waals surface area (Å²) in [4.78, 5) is 15.4. The molecule has 0 aromatic rings. The Bertz CT molecular complexity index is 435. The molecule has 2 aliphatic heterocycles. The molecule has 0 aromatic carbocycles. The maximum Gasteiger partial charge on any atom is 0.243 e. The minimum absolute atomic E-state index is 0.153. The van der Waals surface area contributed by atoms with Crippen molar-refractivity contribution in [3.8, 4) is 0 Å². The second-order valence-electron chi connectivity index (χ2n) is 8.08. The van der Waals surface area contributed by atoms with E-state index in [4.69, 9.17) is 10.5 Å². The second kappa shape index (κ2) is 4.95. The largest absolute Gasteiger partial charge is 0.377 e. The average Bonchev–Trinajstić information content (AvgIpc) is 2.95. The van der Waals surface area contributed by atoms with Gasteiger partial charge >= 0.3 is 0 Å². The van der Waals surface area contributed by atoms with Crippen molar-refractivity contribution >= 4 is 5.91 Å². The van der Waals surface area contributed by atoms with E-state index >= 15 is 0 Å². The van der Waals surface area contributed by atoms with Crippen LogP contribution in [0.5, 0.6) is 0 Å². The number of nitrogens with two attached hydrogens (primary N) is 1. The number of carbonyl (C=O) groups excluding carboxylic acids is 1. The zero-order valence-electron chi connectivity index (χ0n) is 13.9. The highest BCUT2D eigenvalue weighted by molar-refractivity contribution is 5.90. The van der Waals surface area contributed by atoms with Gasteiger partial charge in [-0.2, -0.15) is 0 Å². The van der Waals surface area contributed by atoms with Crippen LogP contribution >= 0.6 is 0 Å². The Kier molecular flexibility index (Phi) is 3.61. The maximum absolute atomic E-state index is 13.3. The number of nitrogens with zero attached hydrogens (tertiary/aromatic N) is 1. The third-order valence-corrected chi connectivity index (χ3v) is 6.37. The summed E-state index contributed by atoms with van der Waals surface area (Å²) in [5.41, 5.74) is 5.74. The van der Waals surface area contributed by atoms with Gasteiger partial charge in [0.1, 0.15) is 5.54 Å². The van der Waals surface area contributed by atoms with Gasteiger partial charge in [0, 0.05) is 30.5 Å². The number of rotatable bonds is 2. The van der Waals surface area contributed by atoms with Gasteiger partial charge in [0.15, 0.2) is 0 Å². The summed E-state index contributed by atoms with van der Waals surface area (Å²) >= 11 is 0. The third kappa shape index (κ3) is 1.91. The molecule has 1 saturated carbocycles. The van der Waals surface area contributed by atoms with Gasteiger partial charge in [0.25, 0.3) is 0 Å². The topological polar surface area (TPSA) is 55.6 Å². The van der Waals surface area contributed by atoms with Crippen LogP contribution in [0.3, 0.4) is 0 Å². The Morgan fingerprint density at radius 3 is 2.67 bits per heavy atom. The fourth-order valence-electron chi connectivity index (χ4n) is 4.99. The molecule has 3 fully saturated rings. The van der Waals surface area contributed by atoms with E-state index < -0.39 is 5.54 Å². The lowest BCUT2D eigenvalue weighted by molar-refractivity contribution is -0.230. The van der Waals surface area contributed by atoms with Crippen LogP contribution in [0.1, 0.15) is 53.4 Å². The van der Waals surface area contributed by atoms with E-state index in [9.17, 15) is 4.79 Å². The molecule has 4 nitrogen and oxygen atoms in total. The van der Waals surface area contributed by atoms with Crippen molar-refractivity contribution in [2.24, 2.45) is 23.0 Å². The number of ether oxygens (including phenoxy) is 1. The van der Waals surface area contributed by atoms with Gasteiger partial charge in [-0.1, -0.05) is 27.7 Å². The Morgan fingerprint density at radius 1 is 1.29 bits per heavy atom. The fourth-order valence-corrected chi connectivity index (χ4v) is 4.99. The molecule has 120 valence electrons. The molecule has 0 spiro atoms. The highest BCUT2D eigenvalue weighted by Gasteiger charge is 2.71. The first-order chi connectivity index (χ1) is 9.81. The predicted molar refractivity (Wildman–Crippen MR) is 82.7 cm³/mol. The molecule has 0 bridgehead atoms. The summed E-state index contributed by atoms with van der Waals surface area (Å²) in [5.74, 6) is 0.874. The van der Waals surface area contributed by atoms with Gasteiger partial charge in [0.2, 0.25) is 5.91 Å². The van der Waals surface area contributed by atoms with E-state index in [1.54, 1.807) is 0 Å². The molecule has 21 heavy (non-hydrogen) atoms. The standard InChI is InChI=1S/C17H30N2O2/c1-11(2)13-8-5-9-19(13)15(20)17(18)12-7-6-10-21-14(12)16(17,3)4/h11-14H,5-10,18H2,1-4H3. The quantitative estimate of drug-likeness (QED) is 0.849. The molecular formula is C17H30N2O2. The van der Waals surface area contributed by atoms with E-state index in [0.29, 0.717) is 12.0 Å². The second-order valence-corrected chi connectivity index (χ2v) is 8.08. The number of carbonyl (C=O) groups is 1. The number of hydrogen-bond acceptors (Lipinski definition) is 3.